The fraction of sp³-hybridized carbons (Fsp3) is 0. The molecule has 0 aliphatic carbocycles. The van der Waals surface area contributed by atoms with Gasteiger partial charge in [-0.3, -0.25) is 4.79 Å². The highest BCUT2D eigenvalue weighted by Gasteiger charge is 2.07. The maximum absolute atomic E-state index is 10.3. The lowest BCUT2D eigenvalue weighted by molar-refractivity contribution is 0.237. The van der Waals surface area contributed by atoms with E-state index >= 15 is 0 Å². The second kappa shape index (κ2) is 2.43. The van der Waals surface area contributed by atoms with Crippen LogP contribution in [0.4, 0.5) is 4.79 Å². The summed E-state index contributed by atoms with van der Waals surface area (Å²) in [4.78, 5) is 13.0. The molecule has 1 heterocycles. The molecule has 0 aromatic carbocycles. The summed E-state index contributed by atoms with van der Waals surface area (Å²) in [5, 5.41) is 2.74. The molecule has 1 amide bonds. The molecule has 3 nitrogen and oxygen atoms in total. The van der Waals surface area contributed by atoms with E-state index in [0.717, 1.165) is 0 Å². The van der Waals surface area contributed by atoms with Crippen LogP contribution in [0.15, 0.2) is 11.6 Å². The van der Waals surface area contributed by atoms with Crippen LogP contribution in [-0.2, 0) is 0 Å². The van der Waals surface area contributed by atoms with E-state index in [2.05, 4.69) is 17.5 Å². The van der Waals surface area contributed by atoms with E-state index in [1.807, 2.05) is 0 Å². The van der Waals surface area contributed by atoms with Crippen molar-refractivity contribution in [3.63, 3.8) is 0 Å². The third-order valence-corrected chi connectivity index (χ3v) is 1.41. The highest BCUT2D eigenvalue weighted by molar-refractivity contribution is 8.00. The molecule has 5 heteroatoms. The van der Waals surface area contributed by atoms with Crippen LogP contribution in [0.5, 0.6) is 0 Å². The van der Waals surface area contributed by atoms with Gasteiger partial charge in [-0.05, 0) is 11.9 Å². The van der Waals surface area contributed by atoms with Crippen LogP contribution in [0.3, 0.4) is 0 Å². The minimum absolute atomic E-state index is 0.300. The van der Waals surface area contributed by atoms with E-state index in [-0.39, 0.29) is 5.24 Å². The van der Waals surface area contributed by atoms with E-state index in [9.17, 15) is 4.79 Å². The van der Waals surface area contributed by atoms with Crippen molar-refractivity contribution in [1.82, 2.24) is 9.84 Å². The number of hydrogen-bond donors (Lipinski definition) is 2. The van der Waals surface area contributed by atoms with Gasteiger partial charge in [0.25, 0.3) is 5.24 Å². The first kappa shape index (κ1) is 6.00. The van der Waals surface area contributed by atoms with Crippen LogP contribution in [0.25, 0.3) is 0 Å². The number of thiol groups is 1. The van der Waals surface area contributed by atoms with Crippen molar-refractivity contribution in [2.24, 2.45) is 0 Å². The average Bonchev–Trinajstić information content (AvgIpc) is 2.12. The number of carbonyl (C=O) groups excluding carboxylic acids is 1. The first-order valence-electron chi connectivity index (χ1n) is 1.91. The Bertz CT molecular complexity index is 135. The predicted molar refractivity (Wildman–Crippen MR) is 36.1 cm³/mol. The van der Waals surface area contributed by atoms with Crippen molar-refractivity contribution in [2.45, 2.75) is 0 Å². The Hall–Kier alpha value is -0.130. The maximum atomic E-state index is 10.3. The first-order valence-corrected chi connectivity index (χ1v) is 3.23. The highest BCUT2D eigenvalue weighted by Crippen LogP contribution is 2.09. The fourth-order valence-corrected chi connectivity index (χ4v) is 0.997. The first-order chi connectivity index (χ1) is 3.80. The van der Waals surface area contributed by atoms with Crippen molar-refractivity contribution in [3.8, 4) is 0 Å². The Labute approximate surface area is 56.6 Å². The number of hydrazine groups is 1. The number of carbonyl (C=O) groups is 1. The van der Waals surface area contributed by atoms with Gasteiger partial charge in [0.15, 0.2) is 0 Å². The summed E-state index contributed by atoms with van der Waals surface area (Å²) >= 11 is 4.89. The van der Waals surface area contributed by atoms with E-state index in [1.54, 1.807) is 11.6 Å². The van der Waals surface area contributed by atoms with E-state index < -0.39 is 0 Å². The number of amides is 1. The molecule has 1 aliphatic heterocycles. The Morgan fingerprint density at radius 1 is 1.88 bits per heavy atom. The van der Waals surface area contributed by atoms with Crippen LogP contribution in [0, 0.1) is 0 Å². The molecular weight excluding hydrogens is 144 g/mol. The van der Waals surface area contributed by atoms with Crippen molar-refractivity contribution < 1.29 is 4.79 Å². The van der Waals surface area contributed by atoms with Gasteiger partial charge < -0.3 is 0 Å². The van der Waals surface area contributed by atoms with Crippen LogP contribution in [0.2, 0.25) is 0 Å². The summed E-state index contributed by atoms with van der Waals surface area (Å²) in [5.74, 6) is 0. The summed E-state index contributed by atoms with van der Waals surface area (Å²) in [6.45, 7) is 0. The zero-order valence-corrected chi connectivity index (χ0v) is 5.58. The second-order valence-electron chi connectivity index (χ2n) is 1.15. The third kappa shape index (κ3) is 1.18. The topological polar surface area (TPSA) is 32.3 Å². The molecular formula is C3H4N2OS2. The Morgan fingerprint density at radius 3 is 2.88 bits per heavy atom. The van der Waals surface area contributed by atoms with Gasteiger partial charge in [0.2, 0.25) is 0 Å². The van der Waals surface area contributed by atoms with Crippen molar-refractivity contribution in [1.29, 1.82) is 0 Å². The van der Waals surface area contributed by atoms with Crippen LogP contribution < -0.4 is 4.83 Å². The molecule has 0 fully saturated rings. The van der Waals surface area contributed by atoms with Crippen LogP contribution in [0.1, 0.15) is 0 Å². The molecule has 0 bridgehead atoms. The molecule has 0 atom stereocenters. The van der Waals surface area contributed by atoms with Gasteiger partial charge in [-0.2, -0.15) is 4.83 Å². The molecule has 0 aromatic rings. The fourth-order valence-electron chi connectivity index (χ4n) is 0.312. The van der Waals surface area contributed by atoms with Crippen LogP contribution in [-0.4, -0.2) is 10.2 Å². The second-order valence-corrected chi connectivity index (χ2v) is 2.22. The Balaban J connectivity index is 2.48. The minimum atomic E-state index is -0.300. The zero-order chi connectivity index (χ0) is 5.98. The lowest BCUT2D eigenvalue weighted by Crippen LogP contribution is -2.25. The number of nitrogens with one attached hydrogen (secondary N) is 1. The van der Waals surface area contributed by atoms with Gasteiger partial charge in [-0.25, -0.2) is 5.01 Å². The Kier molecular flexibility index (Phi) is 1.82. The van der Waals surface area contributed by atoms with Crippen LogP contribution >= 0.6 is 24.6 Å². The molecule has 0 saturated heterocycles. The van der Waals surface area contributed by atoms with Gasteiger partial charge >= 0.3 is 0 Å². The molecule has 0 spiro atoms. The quantitative estimate of drug-likeness (QED) is 0.396. The smallest absolute Gasteiger partial charge is 0.260 e. The van der Waals surface area contributed by atoms with Crippen molar-refractivity contribution in [3.05, 3.63) is 11.6 Å². The van der Waals surface area contributed by atoms with Crippen molar-refractivity contribution in [2.75, 3.05) is 0 Å². The molecule has 44 valence electrons. The normalized spacial score (nSPS) is 17.4. The molecule has 0 unspecified atom stereocenters. The van der Waals surface area contributed by atoms with E-state index in [0.29, 0.717) is 0 Å². The standard InChI is InChI=1S/C3H4N2OS2/c6-3(7)5-1-2-8-4-5/h1-2,4H,(H,6,7). The largest absolute Gasteiger partial charge is 0.297 e. The molecule has 1 rings (SSSR count). The molecule has 0 radical (unpaired) electrons. The van der Waals surface area contributed by atoms with Gasteiger partial charge in [0.05, 0.1) is 0 Å². The van der Waals surface area contributed by atoms with E-state index in [4.69, 9.17) is 0 Å². The van der Waals surface area contributed by atoms with E-state index in [1.165, 1.54) is 17.0 Å². The molecule has 0 aromatic heterocycles. The maximum Gasteiger partial charge on any atom is 0.297 e. The summed E-state index contributed by atoms with van der Waals surface area (Å²) in [5.41, 5.74) is 0. The lowest BCUT2D eigenvalue weighted by atomic mass is 10.9. The molecule has 1 aliphatic rings. The summed E-state index contributed by atoms with van der Waals surface area (Å²) in [7, 11) is 0. The van der Waals surface area contributed by atoms with Crippen molar-refractivity contribution >= 4 is 29.8 Å². The number of rotatable bonds is 0. The SMILES string of the molecule is O=C(S)N1C=CSN1. The summed E-state index contributed by atoms with van der Waals surface area (Å²) < 4.78 is 0. The van der Waals surface area contributed by atoms with Gasteiger partial charge in [-0.1, -0.05) is 12.6 Å². The average molecular weight is 148 g/mol. The summed E-state index contributed by atoms with van der Waals surface area (Å²) in [6, 6.07) is 0. The third-order valence-electron chi connectivity index (χ3n) is 0.635. The Morgan fingerprint density at radius 2 is 2.62 bits per heavy atom. The van der Waals surface area contributed by atoms with Gasteiger partial charge in [0, 0.05) is 11.6 Å². The van der Waals surface area contributed by atoms with Gasteiger partial charge in [0.1, 0.15) is 0 Å². The monoisotopic (exact) mass is 148 g/mol. The number of hydrogen-bond acceptors (Lipinski definition) is 3. The molecule has 8 heavy (non-hydrogen) atoms. The molecule has 0 saturated carbocycles. The molecule has 1 N–H and O–H groups in total. The minimum Gasteiger partial charge on any atom is -0.260 e. The van der Waals surface area contributed by atoms with Gasteiger partial charge in [-0.15, -0.1) is 0 Å². The number of nitrogens with zero attached hydrogens (tertiary/aromatic N) is 1. The summed E-state index contributed by atoms with van der Waals surface area (Å²) in [6.07, 6.45) is 1.61. The lowest BCUT2D eigenvalue weighted by Gasteiger charge is -2.06. The zero-order valence-electron chi connectivity index (χ0n) is 3.87. The highest BCUT2D eigenvalue weighted by atomic mass is 32.2. The predicted octanol–water partition coefficient (Wildman–Crippen LogP) is 0.976.